The van der Waals surface area contributed by atoms with Crippen molar-refractivity contribution in [1.82, 2.24) is 4.90 Å². The molecule has 1 aromatic carbocycles. The van der Waals surface area contributed by atoms with Crippen LogP contribution in [0.15, 0.2) is 22.7 Å². The fourth-order valence-electron chi connectivity index (χ4n) is 1.82. The summed E-state index contributed by atoms with van der Waals surface area (Å²) < 4.78 is 1.01. The lowest BCUT2D eigenvalue weighted by Gasteiger charge is -2.21. The maximum Gasteiger partial charge on any atom is 0.0558 e. The Morgan fingerprint density at radius 1 is 1.29 bits per heavy atom. The molecule has 0 spiro atoms. The molecule has 4 heteroatoms. The van der Waals surface area contributed by atoms with E-state index in [1.165, 1.54) is 12.0 Å². The van der Waals surface area contributed by atoms with E-state index >= 15 is 0 Å². The summed E-state index contributed by atoms with van der Waals surface area (Å²) in [6.07, 6.45) is 2.33. The summed E-state index contributed by atoms with van der Waals surface area (Å²) in [5, 5.41) is 9.05. The Kier molecular flexibility index (Phi) is 6.55. The molecule has 0 radical (unpaired) electrons. The average molecular weight is 301 g/mol. The number of unbranched alkanes of at least 4 members (excludes halogenated alkanes) is 1. The number of nitrogen functional groups attached to an aromatic ring is 1. The lowest BCUT2D eigenvalue weighted by atomic mass is 10.2. The van der Waals surface area contributed by atoms with E-state index in [4.69, 9.17) is 10.8 Å². The smallest absolute Gasteiger partial charge is 0.0558 e. The molecule has 0 aliphatic rings. The molecular weight excluding hydrogens is 280 g/mol. The van der Waals surface area contributed by atoms with Gasteiger partial charge in [-0.1, -0.05) is 29.3 Å². The zero-order valence-corrected chi connectivity index (χ0v) is 11.9. The van der Waals surface area contributed by atoms with Gasteiger partial charge in [0.05, 0.1) is 6.61 Å². The Morgan fingerprint density at radius 2 is 2.06 bits per heavy atom. The summed E-state index contributed by atoms with van der Waals surface area (Å²) in [5.74, 6) is 0. The van der Waals surface area contributed by atoms with Crippen molar-refractivity contribution in [1.29, 1.82) is 0 Å². The van der Waals surface area contributed by atoms with E-state index in [1.54, 1.807) is 0 Å². The molecule has 0 aliphatic carbocycles. The van der Waals surface area contributed by atoms with Crippen molar-refractivity contribution in [3.8, 4) is 0 Å². The fourth-order valence-corrected chi connectivity index (χ4v) is 2.38. The molecule has 3 nitrogen and oxygen atoms in total. The van der Waals surface area contributed by atoms with Crippen LogP contribution in [0.5, 0.6) is 0 Å². The molecule has 1 aromatic rings. The molecule has 0 saturated heterocycles. The maximum atomic E-state index is 9.05. The molecule has 0 atom stereocenters. The quantitative estimate of drug-likeness (QED) is 0.761. The van der Waals surface area contributed by atoms with E-state index in [1.807, 2.05) is 12.1 Å². The highest BCUT2D eigenvalue weighted by atomic mass is 79.9. The Balaban J connectivity index is 2.63. The highest BCUT2D eigenvalue weighted by molar-refractivity contribution is 9.10. The zero-order chi connectivity index (χ0) is 12.7. The van der Waals surface area contributed by atoms with E-state index in [9.17, 15) is 0 Å². The largest absolute Gasteiger partial charge is 0.399 e. The number of hydrogen-bond donors (Lipinski definition) is 2. The third-order valence-corrected chi connectivity index (χ3v) is 3.09. The third kappa shape index (κ3) is 5.52. The van der Waals surface area contributed by atoms with Gasteiger partial charge in [0, 0.05) is 23.2 Å². The van der Waals surface area contributed by atoms with Gasteiger partial charge < -0.3 is 10.8 Å². The molecule has 0 amide bonds. The molecule has 0 heterocycles. The molecule has 0 aliphatic heterocycles. The van der Waals surface area contributed by atoms with Gasteiger partial charge in [-0.2, -0.15) is 0 Å². The van der Waals surface area contributed by atoms with Crippen molar-refractivity contribution in [2.24, 2.45) is 0 Å². The number of aliphatic hydroxyl groups excluding tert-OH is 1. The second kappa shape index (κ2) is 7.69. The van der Waals surface area contributed by atoms with E-state index < -0.39 is 0 Å². The topological polar surface area (TPSA) is 49.5 Å². The van der Waals surface area contributed by atoms with Gasteiger partial charge in [0.1, 0.15) is 0 Å². The second-order valence-electron chi connectivity index (χ2n) is 4.25. The van der Waals surface area contributed by atoms with Gasteiger partial charge in [-0.3, -0.25) is 4.90 Å². The first kappa shape index (κ1) is 14.5. The summed E-state index contributed by atoms with van der Waals surface area (Å²) in [7, 11) is 0. The Morgan fingerprint density at radius 3 is 2.65 bits per heavy atom. The monoisotopic (exact) mass is 300 g/mol. The van der Waals surface area contributed by atoms with Crippen LogP contribution in [0.25, 0.3) is 0 Å². The summed E-state index contributed by atoms with van der Waals surface area (Å²) in [6, 6.07) is 5.96. The van der Waals surface area contributed by atoms with Crippen molar-refractivity contribution < 1.29 is 5.11 Å². The Bertz CT molecular complexity index is 324. The van der Waals surface area contributed by atoms with Crippen LogP contribution < -0.4 is 5.73 Å². The van der Waals surface area contributed by atoms with Crippen LogP contribution in [0.2, 0.25) is 0 Å². The average Bonchev–Trinajstić information content (AvgIpc) is 2.24. The predicted octanol–water partition coefficient (Wildman–Crippen LogP) is 2.63. The first-order valence-corrected chi connectivity index (χ1v) is 6.83. The molecule has 0 aromatic heterocycles. The molecule has 0 saturated carbocycles. The number of benzene rings is 1. The van der Waals surface area contributed by atoms with Gasteiger partial charge in [0.25, 0.3) is 0 Å². The van der Waals surface area contributed by atoms with Gasteiger partial charge in [-0.15, -0.1) is 0 Å². The number of nitrogens with zero attached hydrogens (tertiary/aromatic N) is 1. The van der Waals surface area contributed by atoms with Gasteiger partial charge in [0.2, 0.25) is 0 Å². The fraction of sp³-hybridized carbons (Fsp3) is 0.538. The summed E-state index contributed by atoms with van der Waals surface area (Å²) in [4.78, 5) is 2.25. The van der Waals surface area contributed by atoms with Gasteiger partial charge >= 0.3 is 0 Å². The molecule has 0 unspecified atom stereocenters. The standard InChI is InChI=1S/C13H21BrN2O/c1-2-3-4-16(5-6-17)10-11-7-12(14)9-13(15)8-11/h7-9,17H,2-6,10,15H2,1H3. The lowest BCUT2D eigenvalue weighted by Crippen LogP contribution is -2.27. The number of aliphatic hydroxyl groups is 1. The minimum atomic E-state index is 0.202. The predicted molar refractivity (Wildman–Crippen MR) is 75.8 cm³/mol. The minimum absolute atomic E-state index is 0.202. The van der Waals surface area contributed by atoms with Crippen molar-refractivity contribution in [2.75, 3.05) is 25.4 Å². The van der Waals surface area contributed by atoms with Crippen LogP contribution >= 0.6 is 15.9 Å². The van der Waals surface area contributed by atoms with Gasteiger partial charge in [-0.05, 0) is 36.7 Å². The SMILES string of the molecule is CCCCN(CCO)Cc1cc(N)cc(Br)c1. The summed E-state index contributed by atoms with van der Waals surface area (Å²) in [6.45, 7) is 4.95. The molecule has 3 N–H and O–H groups in total. The van der Waals surface area contributed by atoms with Gasteiger partial charge in [-0.25, -0.2) is 0 Å². The first-order chi connectivity index (χ1) is 8.15. The number of anilines is 1. The van der Waals surface area contributed by atoms with Crippen molar-refractivity contribution in [3.05, 3.63) is 28.2 Å². The van der Waals surface area contributed by atoms with E-state index in [0.717, 1.165) is 29.7 Å². The third-order valence-electron chi connectivity index (χ3n) is 2.63. The first-order valence-electron chi connectivity index (χ1n) is 6.04. The molecule has 96 valence electrons. The van der Waals surface area contributed by atoms with Crippen LogP contribution in [-0.4, -0.2) is 29.7 Å². The number of rotatable bonds is 7. The van der Waals surface area contributed by atoms with Crippen LogP contribution in [0.4, 0.5) is 5.69 Å². The van der Waals surface area contributed by atoms with Crippen LogP contribution in [0.3, 0.4) is 0 Å². The maximum absolute atomic E-state index is 9.05. The summed E-state index contributed by atoms with van der Waals surface area (Å²) >= 11 is 3.45. The molecule has 1 rings (SSSR count). The number of hydrogen-bond acceptors (Lipinski definition) is 3. The van der Waals surface area contributed by atoms with Gasteiger partial charge in [0.15, 0.2) is 0 Å². The number of halogens is 1. The molecule has 0 bridgehead atoms. The van der Waals surface area contributed by atoms with Crippen LogP contribution in [0.1, 0.15) is 25.3 Å². The normalized spacial score (nSPS) is 11.1. The van der Waals surface area contributed by atoms with Crippen LogP contribution in [0, 0.1) is 0 Å². The van der Waals surface area contributed by atoms with Crippen molar-refractivity contribution in [3.63, 3.8) is 0 Å². The second-order valence-corrected chi connectivity index (χ2v) is 5.16. The van der Waals surface area contributed by atoms with E-state index in [0.29, 0.717) is 6.54 Å². The lowest BCUT2D eigenvalue weighted by molar-refractivity contribution is 0.188. The highest BCUT2D eigenvalue weighted by Crippen LogP contribution is 2.18. The molecule has 0 fully saturated rings. The van der Waals surface area contributed by atoms with Crippen LogP contribution in [-0.2, 0) is 6.54 Å². The zero-order valence-electron chi connectivity index (χ0n) is 10.3. The summed E-state index contributed by atoms with van der Waals surface area (Å²) in [5.41, 5.74) is 7.77. The molecular formula is C13H21BrN2O. The minimum Gasteiger partial charge on any atom is -0.399 e. The molecule has 17 heavy (non-hydrogen) atoms. The Hall–Kier alpha value is -0.580. The van der Waals surface area contributed by atoms with Crippen molar-refractivity contribution >= 4 is 21.6 Å². The van der Waals surface area contributed by atoms with E-state index in [-0.39, 0.29) is 6.61 Å². The van der Waals surface area contributed by atoms with E-state index in [2.05, 4.69) is 33.8 Å². The number of nitrogens with two attached hydrogens (primary N) is 1. The Labute approximate surface area is 112 Å². The van der Waals surface area contributed by atoms with Crippen molar-refractivity contribution in [2.45, 2.75) is 26.3 Å². The highest BCUT2D eigenvalue weighted by Gasteiger charge is 2.06.